The highest BCUT2D eigenvalue weighted by Gasteiger charge is 2.36. The molecule has 1 saturated carbocycles. The second-order valence-corrected chi connectivity index (χ2v) is 6.85. The Morgan fingerprint density at radius 2 is 1.78 bits per heavy atom. The lowest BCUT2D eigenvalue weighted by Crippen LogP contribution is -2.65. The minimum atomic E-state index is -0.430. The molecule has 1 aliphatic carbocycles. The molecule has 23 heavy (non-hydrogen) atoms. The third kappa shape index (κ3) is 3.91. The fourth-order valence-electron chi connectivity index (χ4n) is 3.72. The maximum Gasteiger partial charge on any atom is 0.237 e. The van der Waals surface area contributed by atoms with Crippen molar-refractivity contribution in [3.63, 3.8) is 0 Å². The summed E-state index contributed by atoms with van der Waals surface area (Å²) in [5.41, 5.74) is 3.01. The van der Waals surface area contributed by atoms with Gasteiger partial charge in [-0.2, -0.15) is 0 Å². The smallest absolute Gasteiger partial charge is 0.237 e. The Morgan fingerprint density at radius 1 is 1.13 bits per heavy atom. The number of benzene rings is 1. The van der Waals surface area contributed by atoms with Gasteiger partial charge in [0.2, 0.25) is 11.8 Å². The number of hydrogen-bond donors (Lipinski definition) is 3. The SMILES string of the molecule is Cc1cc(C)cc(NC(=O)C[C@@H]2N[C@@H]3CCCC[C@H]3NC2=O)c1. The molecule has 5 heteroatoms. The van der Waals surface area contributed by atoms with Crippen molar-refractivity contribution >= 4 is 17.5 Å². The summed E-state index contributed by atoms with van der Waals surface area (Å²) < 4.78 is 0. The molecule has 0 spiro atoms. The lowest BCUT2D eigenvalue weighted by molar-refractivity contribution is -0.129. The number of piperazine rings is 1. The molecule has 1 aromatic carbocycles. The summed E-state index contributed by atoms with van der Waals surface area (Å²) >= 11 is 0. The van der Waals surface area contributed by atoms with E-state index in [1.54, 1.807) is 0 Å². The first-order valence-corrected chi connectivity index (χ1v) is 8.46. The molecule has 3 atom stereocenters. The summed E-state index contributed by atoms with van der Waals surface area (Å²) in [7, 11) is 0. The topological polar surface area (TPSA) is 70.2 Å². The number of anilines is 1. The van der Waals surface area contributed by atoms with Crippen LogP contribution in [0.15, 0.2) is 18.2 Å². The molecule has 3 N–H and O–H groups in total. The van der Waals surface area contributed by atoms with E-state index in [2.05, 4.69) is 22.0 Å². The molecule has 1 aromatic rings. The zero-order valence-electron chi connectivity index (χ0n) is 13.8. The number of amides is 2. The Labute approximate surface area is 137 Å². The van der Waals surface area contributed by atoms with E-state index in [1.165, 1.54) is 12.8 Å². The molecule has 1 heterocycles. The number of aryl methyl sites for hydroxylation is 2. The van der Waals surface area contributed by atoms with Gasteiger partial charge >= 0.3 is 0 Å². The molecule has 124 valence electrons. The van der Waals surface area contributed by atoms with Crippen LogP contribution in [0.5, 0.6) is 0 Å². The number of fused-ring (bicyclic) bond motifs is 1. The van der Waals surface area contributed by atoms with Gasteiger partial charge in [-0.25, -0.2) is 0 Å². The summed E-state index contributed by atoms with van der Waals surface area (Å²) in [6.45, 7) is 4.00. The van der Waals surface area contributed by atoms with Crippen molar-refractivity contribution in [2.45, 2.75) is 64.1 Å². The fourth-order valence-corrected chi connectivity index (χ4v) is 3.72. The monoisotopic (exact) mass is 315 g/mol. The van der Waals surface area contributed by atoms with Crippen molar-refractivity contribution in [1.82, 2.24) is 10.6 Å². The summed E-state index contributed by atoms with van der Waals surface area (Å²) in [5, 5.41) is 9.35. The van der Waals surface area contributed by atoms with Gasteiger partial charge in [-0.3, -0.25) is 9.59 Å². The fraction of sp³-hybridized carbons (Fsp3) is 0.556. The van der Waals surface area contributed by atoms with Gasteiger partial charge in [0.15, 0.2) is 0 Å². The maximum atomic E-state index is 12.3. The Bertz CT molecular complexity index is 594. The van der Waals surface area contributed by atoms with E-state index in [0.717, 1.165) is 29.7 Å². The largest absolute Gasteiger partial charge is 0.350 e. The highest BCUT2D eigenvalue weighted by molar-refractivity contribution is 5.95. The number of hydrogen-bond acceptors (Lipinski definition) is 3. The highest BCUT2D eigenvalue weighted by Crippen LogP contribution is 2.22. The molecule has 2 aliphatic rings. The molecule has 0 aromatic heterocycles. The van der Waals surface area contributed by atoms with Gasteiger partial charge in [-0.05, 0) is 49.9 Å². The second kappa shape index (κ2) is 6.71. The predicted octanol–water partition coefficient (Wildman–Crippen LogP) is 2.03. The van der Waals surface area contributed by atoms with Gasteiger partial charge in [0, 0.05) is 17.8 Å². The van der Waals surface area contributed by atoms with E-state index in [4.69, 9.17) is 0 Å². The lowest BCUT2D eigenvalue weighted by atomic mass is 9.87. The van der Waals surface area contributed by atoms with Crippen molar-refractivity contribution in [2.75, 3.05) is 5.32 Å². The number of carbonyl (C=O) groups excluding carboxylic acids is 2. The zero-order valence-corrected chi connectivity index (χ0v) is 13.8. The van der Waals surface area contributed by atoms with E-state index in [1.807, 2.05) is 26.0 Å². The average Bonchev–Trinajstić information content (AvgIpc) is 2.46. The first-order chi connectivity index (χ1) is 11.0. The van der Waals surface area contributed by atoms with Gasteiger partial charge in [0.25, 0.3) is 0 Å². The van der Waals surface area contributed by atoms with Gasteiger partial charge in [0.05, 0.1) is 12.5 Å². The van der Waals surface area contributed by atoms with Gasteiger partial charge in [0.1, 0.15) is 0 Å². The number of nitrogens with one attached hydrogen (secondary N) is 3. The Morgan fingerprint density at radius 3 is 2.48 bits per heavy atom. The molecule has 2 fully saturated rings. The number of rotatable bonds is 3. The second-order valence-electron chi connectivity index (χ2n) is 6.85. The van der Waals surface area contributed by atoms with Crippen LogP contribution in [-0.4, -0.2) is 29.9 Å². The van der Waals surface area contributed by atoms with Crippen LogP contribution in [0.3, 0.4) is 0 Å². The van der Waals surface area contributed by atoms with Crippen molar-refractivity contribution < 1.29 is 9.59 Å². The van der Waals surface area contributed by atoms with Crippen LogP contribution >= 0.6 is 0 Å². The average molecular weight is 315 g/mol. The third-order valence-corrected chi connectivity index (χ3v) is 4.72. The molecule has 5 nitrogen and oxygen atoms in total. The van der Waals surface area contributed by atoms with E-state index in [0.29, 0.717) is 6.04 Å². The van der Waals surface area contributed by atoms with Crippen LogP contribution in [0.2, 0.25) is 0 Å². The molecule has 3 rings (SSSR count). The predicted molar refractivity (Wildman–Crippen MR) is 90.3 cm³/mol. The van der Waals surface area contributed by atoms with Crippen LogP contribution in [0.25, 0.3) is 0 Å². The molecule has 2 amide bonds. The van der Waals surface area contributed by atoms with Gasteiger partial charge in [-0.15, -0.1) is 0 Å². The Balaban J connectivity index is 1.59. The molecular weight excluding hydrogens is 290 g/mol. The maximum absolute atomic E-state index is 12.3. The first kappa shape index (κ1) is 16.0. The number of carbonyl (C=O) groups is 2. The molecule has 0 unspecified atom stereocenters. The summed E-state index contributed by atoms with van der Waals surface area (Å²) in [4.78, 5) is 24.5. The van der Waals surface area contributed by atoms with Crippen LogP contribution in [-0.2, 0) is 9.59 Å². The molecule has 0 bridgehead atoms. The van der Waals surface area contributed by atoms with Crippen LogP contribution in [0.4, 0.5) is 5.69 Å². The van der Waals surface area contributed by atoms with E-state index in [-0.39, 0.29) is 24.3 Å². The van der Waals surface area contributed by atoms with Crippen molar-refractivity contribution in [2.24, 2.45) is 0 Å². The summed E-state index contributed by atoms with van der Waals surface area (Å²) in [6.07, 6.45) is 4.62. The van der Waals surface area contributed by atoms with Crippen LogP contribution in [0, 0.1) is 13.8 Å². The molecule has 0 radical (unpaired) electrons. The van der Waals surface area contributed by atoms with Crippen LogP contribution in [0.1, 0.15) is 43.2 Å². The van der Waals surface area contributed by atoms with E-state index < -0.39 is 6.04 Å². The normalized spacial score (nSPS) is 27.0. The standard InChI is InChI=1S/C18H25N3O2/c1-11-7-12(2)9-13(8-11)19-17(22)10-16-18(23)21-15-6-4-3-5-14(15)20-16/h7-9,14-16,20H,3-6,10H2,1-2H3,(H,19,22)(H,21,23)/t14-,15-,16+/m1/s1. The van der Waals surface area contributed by atoms with Crippen LogP contribution < -0.4 is 16.0 Å². The van der Waals surface area contributed by atoms with Gasteiger partial charge < -0.3 is 16.0 Å². The summed E-state index contributed by atoms with van der Waals surface area (Å²) in [5.74, 6) is -0.180. The lowest BCUT2D eigenvalue weighted by Gasteiger charge is -2.40. The van der Waals surface area contributed by atoms with Gasteiger partial charge in [-0.1, -0.05) is 18.9 Å². The Kier molecular flexibility index (Phi) is 4.66. The third-order valence-electron chi connectivity index (χ3n) is 4.72. The van der Waals surface area contributed by atoms with E-state index >= 15 is 0 Å². The summed E-state index contributed by atoms with van der Waals surface area (Å²) in [6, 6.07) is 6.05. The minimum absolute atomic E-state index is 0.0521. The minimum Gasteiger partial charge on any atom is -0.350 e. The zero-order chi connectivity index (χ0) is 16.4. The molecule has 1 aliphatic heterocycles. The van der Waals surface area contributed by atoms with Crippen molar-refractivity contribution in [3.05, 3.63) is 29.3 Å². The molecular formula is C18H25N3O2. The Hall–Kier alpha value is -1.88. The van der Waals surface area contributed by atoms with Crippen molar-refractivity contribution in [1.29, 1.82) is 0 Å². The quantitative estimate of drug-likeness (QED) is 0.799. The van der Waals surface area contributed by atoms with E-state index in [9.17, 15) is 9.59 Å². The first-order valence-electron chi connectivity index (χ1n) is 8.46. The molecule has 1 saturated heterocycles. The van der Waals surface area contributed by atoms with Crippen molar-refractivity contribution in [3.8, 4) is 0 Å². The highest BCUT2D eigenvalue weighted by atomic mass is 16.2.